The second kappa shape index (κ2) is 12.2. The van der Waals surface area contributed by atoms with Crippen LogP contribution in [0.15, 0.2) is 59.2 Å². The zero-order valence-electron chi connectivity index (χ0n) is 17.0. The molecule has 1 heterocycles. The largest absolute Gasteiger partial charge is 0.490 e. The van der Waals surface area contributed by atoms with Crippen molar-refractivity contribution in [2.45, 2.75) is 20.1 Å². The molecule has 0 saturated heterocycles. The van der Waals surface area contributed by atoms with Crippen molar-refractivity contribution in [3.63, 3.8) is 0 Å². The molecule has 0 aliphatic carbocycles. The van der Waals surface area contributed by atoms with Crippen molar-refractivity contribution in [1.29, 1.82) is 0 Å². The maximum absolute atomic E-state index is 6.25. The van der Waals surface area contributed by atoms with Gasteiger partial charge in [-0.3, -0.25) is 0 Å². The van der Waals surface area contributed by atoms with Crippen LogP contribution in [-0.4, -0.2) is 24.7 Å². The average Bonchev–Trinajstić information content (AvgIpc) is 2.76. The summed E-state index contributed by atoms with van der Waals surface area (Å²) in [4.78, 5) is 4.14. The smallest absolute Gasteiger partial charge is 0.213 e. The minimum atomic E-state index is 0.310. The van der Waals surface area contributed by atoms with Crippen LogP contribution in [0.3, 0.4) is 0 Å². The van der Waals surface area contributed by atoms with E-state index in [4.69, 9.17) is 37.4 Å². The molecule has 2 aromatic carbocycles. The average molecular weight is 526 g/mol. The third kappa shape index (κ3) is 7.28. The minimum absolute atomic E-state index is 0.310. The van der Waals surface area contributed by atoms with E-state index >= 15 is 0 Å². The van der Waals surface area contributed by atoms with Gasteiger partial charge in [0.2, 0.25) is 5.88 Å². The highest BCUT2D eigenvalue weighted by Gasteiger charge is 2.12. The molecule has 0 unspecified atom stereocenters. The van der Waals surface area contributed by atoms with Gasteiger partial charge in [0, 0.05) is 45.4 Å². The van der Waals surface area contributed by atoms with Gasteiger partial charge in [-0.25, -0.2) is 4.98 Å². The molecular formula is C23H23BrCl2N2O3. The summed E-state index contributed by atoms with van der Waals surface area (Å²) in [6.07, 6.45) is 1.71. The summed E-state index contributed by atoms with van der Waals surface area (Å²) < 4.78 is 18.3. The molecule has 8 heteroatoms. The van der Waals surface area contributed by atoms with Crippen LogP contribution in [0, 0.1) is 0 Å². The monoisotopic (exact) mass is 524 g/mol. The minimum Gasteiger partial charge on any atom is -0.490 e. The molecule has 0 radical (unpaired) electrons. The number of ether oxygens (including phenoxy) is 3. The molecule has 3 rings (SSSR count). The Bertz CT molecular complexity index is 990. The van der Waals surface area contributed by atoms with Gasteiger partial charge in [-0.15, -0.1) is 0 Å². The molecule has 0 aliphatic rings. The second-order valence-electron chi connectivity index (χ2n) is 6.54. The van der Waals surface area contributed by atoms with Crippen LogP contribution in [0.5, 0.6) is 17.4 Å². The van der Waals surface area contributed by atoms with Gasteiger partial charge in [0.05, 0.1) is 6.61 Å². The van der Waals surface area contributed by atoms with Crippen molar-refractivity contribution >= 4 is 39.1 Å². The molecule has 31 heavy (non-hydrogen) atoms. The number of hydrogen-bond donors (Lipinski definition) is 1. The van der Waals surface area contributed by atoms with Crippen molar-refractivity contribution < 1.29 is 14.2 Å². The first-order chi connectivity index (χ1) is 15.1. The number of pyridine rings is 1. The van der Waals surface area contributed by atoms with Crippen molar-refractivity contribution in [2.75, 3.05) is 19.8 Å². The highest BCUT2D eigenvalue weighted by molar-refractivity contribution is 9.10. The van der Waals surface area contributed by atoms with E-state index in [1.807, 2.05) is 43.3 Å². The lowest BCUT2D eigenvalue weighted by Crippen LogP contribution is -2.21. The van der Waals surface area contributed by atoms with Crippen LogP contribution in [0.1, 0.15) is 18.1 Å². The Labute approximate surface area is 200 Å². The van der Waals surface area contributed by atoms with Gasteiger partial charge in [0.1, 0.15) is 13.2 Å². The Hall–Kier alpha value is -1.99. The topological polar surface area (TPSA) is 52.6 Å². The summed E-state index contributed by atoms with van der Waals surface area (Å²) in [5.41, 5.74) is 1.90. The van der Waals surface area contributed by atoms with Crippen molar-refractivity contribution in [3.05, 3.63) is 80.4 Å². The Morgan fingerprint density at radius 1 is 0.968 bits per heavy atom. The molecule has 0 bridgehead atoms. The summed E-state index contributed by atoms with van der Waals surface area (Å²) in [5, 5.41) is 4.52. The Balaban J connectivity index is 1.58. The number of nitrogens with zero attached hydrogens (tertiary/aromatic N) is 1. The van der Waals surface area contributed by atoms with E-state index in [2.05, 4.69) is 26.2 Å². The van der Waals surface area contributed by atoms with Crippen LogP contribution in [0.4, 0.5) is 0 Å². The van der Waals surface area contributed by atoms with Crippen molar-refractivity contribution in [3.8, 4) is 17.4 Å². The lowest BCUT2D eigenvalue weighted by atomic mass is 10.2. The summed E-state index contributed by atoms with van der Waals surface area (Å²) >= 11 is 15.8. The summed E-state index contributed by atoms with van der Waals surface area (Å²) in [6.45, 7) is 4.63. The predicted molar refractivity (Wildman–Crippen MR) is 128 cm³/mol. The molecule has 0 saturated carbocycles. The maximum Gasteiger partial charge on any atom is 0.213 e. The first-order valence-electron chi connectivity index (χ1n) is 9.83. The van der Waals surface area contributed by atoms with Crippen LogP contribution in [-0.2, 0) is 13.2 Å². The second-order valence-corrected chi connectivity index (χ2v) is 8.24. The van der Waals surface area contributed by atoms with E-state index in [0.29, 0.717) is 60.3 Å². The van der Waals surface area contributed by atoms with Crippen LogP contribution in [0.2, 0.25) is 10.0 Å². The van der Waals surface area contributed by atoms with Crippen LogP contribution < -0.4 is 19.5 Å². The van der Waals surface area contributed by atoms with E-state index in [1.54, 1.807) is 18.3 Å². The number of halogens is 3. The Morgan fingerprint density at radius 2 is 1.81 bits per heavy atom. The lowest BCUT2D eigenvalue weighted by Gasteiger charge is -2.16. The zero-order chi connectivity index (χ0) is 22.1. The van der Waals surface area contributed by atoms with E-state index in [0.717, 1.165) is 15.6 Å². The molecule has 1 N–H and O–H groups in total. The predicted octanol–water partition coefficient (Wildman–Crippen LogP) is 6.30. The third-order valence-corrected chi connectivity index (χ3v) is 5.62. The fourth-order valence-corrected chi connectivity index (χ4v) is 3.70. The number of rotatable bonds is 11. The van der Waals surface area contributed by atoms with Crippen molar-refractivity contribution in [2.24, 2.45) is 0 Å². The number of nitrogens with one attached hydrogen (secondary N) is 1. The van der Waals surface area contributed by atoms with Gasteiger partial charge in [-0.2, -0.15) is 0 Å². The number of hydrogen-bond acceptors (Lipinski definition) is 5. The van der Waals surface area contributed by atoms with Gasteiger partial charge in [-0.1, -0.05) is 51.3 Å². The third-order valence-electron chi connectivity index (χ3n) is 4.29. The molecule has 1 aromatic heterocycles. The molecule has 0 amide bonds. The number of benzene rings is 2. The lowest BCUT2D eigenvalue weighted by molar-refractivity contribution is 0.268. The molecular weight excluding hydrogens is 503 g/mol. The van der Waals surface area contributed by atoms with Gasteiger partial charge in [-0.05, 0) is 42.8 Å². The maximum atomic E-state index is 6.25. The molecule has 3 aromatic rings. The molecule has 5 nitrogen and oxygen atoms in total. The Kier molecular flexibility index (Phi) is 9.28. The van der Waals surface area contributed by atoms with E-state index in [9.17, 15) is 0 Å². The fraction of sp³-hybridized carbons (Fsp3) is 0.261. The van der Waals surface area contributed by atoms with Crippen LogP contribution in [0.25, 0.3) is 0 Å². The summed E-state index contributed by atoms with van der Waals surface area (Å²) in [6, 6.07) is 14.8. The van der Waals surface area contributed by atoms with Crippen molar-refractivity contribution in [1.82, 2.24) is 10.3 Å². The molecule has 0 fully saturated rings. The van der Waals surface area contributed by atoms with Gasteiger partial charge >= 0.3 is 0 Å². The van der Waals surface area contributed by atoms with Gasteiger partial charge in [0.25, 0.3) is 0 Å². The molecule has 0 atom stereocenters. The summed E-state index contributed by atoms with van der Waals surface area (Å²) in [7, 11) is 0. The Morgan fingerprint density at radius 3 is 2.55 bits per heavy atom. The molecule has 164 valence electrons. The van der Waals surface area contributed by atoms with Crippen LogP contribution >= 0.6 is 39.1 Å². The quantitative estimate of drug-likeness (QED) is 0.298. The fourth-order valence-electron chi connectivity index (χ4n) is 2.77. The molecule has 0 aliphatic heterocycles. The first kappa shape index (κ1) is 23.7. The van der Waals surface area contributed by atoms with Gasteiger partial charge in [0.15, 0.2) is 11.5 Å². The molecule has 0 spiro atoms. The van der Waals surface area contributed by atoms with E-state index in [1.165, 1.54) is 0 Å². The highest BCUT2D eigenvalue weighted by atomic mass is 79.9. The normalized spacial score (nSPS) is 10.7. The highest BCUT2D eigenvalue weighted by Crippen LogP contribution is 2.35. The SMILES string of the molecule is CCOc1cc(CNCCOc2ccccn2)c(Br)cc1OCc1ccc(Cl)cc1Cl. The first-order valence-corrected chi connectivity index (χ1v) is 11.4. The summed E-state index contributed by atoms with van der Waals surface area (Å²) in [5.74, 6) is 1.94. The zero-order valence-corrected chi connectivity index (χ0v) is 20.1. The van der Waals surface area contributed by atoms with E-state index in [-0.39, 0.29) is 0 Å². The van der Waals surface area contributed by atoms with E-state index < -0.39 is 0 Å². The standard InChI is InChI=1S/C23H23BrCl2N2O3/c1-2-29-21-11-17(14-27-9-10-30-23-5-3-4-8-28-23)19(24)13-22(21)31-15-16-6-7-18(25)12-20(16)26/h3-8,11-13,27H,2,9-10,14-15H2,1H3. The van der Waals surface area contributed by atoms with Gasteiger partial charge < -0.3 is 19.5 Å². The number of aromatic nitrogens is 1.